The van der Waals surface area contributed by atoms with Gasteiger partial charge in [-0.1, -0.05) is 24.3 Å². The molecule has 0 unspecified atom stereocenters. The molecule has 11 heteroatoms. The number of nitrogens with one attached hydrogen (secondary N) is 4. The van der Waals surface area contributed by atoms with Crippen LogP contribution in [0.5, 0.6) is 0 Å². The summed E-state index contributed by atoms with van der Waals surface area (Å²) in [5.74, 6) is -0.749. The number of amides is 3. The number of fused-ring (bicyclic) bond motifs is 1. The zero-order valence-electron chi connectivity index (χ0n) is 19.4. The summed E-state index contributed by atoms with van der Waals surface area (Å²) in [4.78, 5) is 49.1. The van der Waals surface area contributed by atoms with E-state index in [0.717, 1.165) is 10.8 Å². The predicted molar refractivity (Wildman–Crippen MR) is 135 cm³/mol. The predicted octanol–water partition coefficient (Wildman–Crippen LogP) is 3.39. The Bertz CT molecular complexity index is 1600. The summed E-state index contributed by atoms with van der Waals surface area (Å²) in [6, 6.07) is 12.5. The summed E-state index contributed by atoms with van der Waals surface area (Å²) in [6.07, 6.45) is 7.94. The minimum Gasteiger partial charge on any atom is -0.349 e. The van der Waals surface area contributed by atoms with E-state index in [4.69, 9.17) is 0 Å². The van der Waals surface area contributed by atoms with Gasteiger partial charge in [-0.3, -0.25) is 19.4 Å². The number of aryl methyl sites for hydroxylation is 2. The van der Waals surface area contributed by atoms with E-state index in [-0.39, 0.29) is 17.5 Å². The van der Waals surface area contributed by atoms with Crippen molar-refractivity contribution >= 4 is 45.7 Å². The lowest BCUT2D eigenvalue weighted by molar-refractivity contribution is 0.101. The normalized spacial score (nSPS) is 10.8. The zero-order chi connectivity index (χ0) is 25.2. The van der Waals surface area contributed by atoms with E-state index in [1.54, 1.807) is 66.2 Å². The quantitative estimate of drug-likeness (QED) is 0.294. The second kappa shape index (κ2) is 9.22. The highest BCUT2D eigenvalue weighted by atomic mass is 16.2. The first-order valence-electron chi connectivity index (χ1n) is 11.0. The third-order valence-electron chi connectivity index (χ3n) is 5.59. The Morgan fingerprint density at radius 2 is 1.39 bits per heavy atom. The van der Waals surface area contributed by atoms with Crippen LogP contribution in [-0.4, -0.2) is 41.8 Å². The number of aromatic nitrogens is 5. The van der Waals surface area contributed by atoms with Crippen LogP contribution in [0.15, 0.2) is 73.6 Å². The van der Waals surface area contributed by atoms with Gasteiger partial charge in [0.25, 0.3) is 17.7 Å². The number of carbonyl (C=O) groups is 3. The Morgan fingerprint density at radius 3 is 2.03 bits per heavy atom. The van der Waals surface area contributed by atoms with E-state index in [0.29, 0.717) is 28.6 Å². The van der Waals surface area contributed by atoms with Gasteiger partial charge in [0.05, 0.1) is 17.7 Å². The summed E-state index contributed by atoms with van der Waals surface area (Å²) >= 11 is 0. The van der Waals surface area contributed by atoms with E-state index in [2.05, 4.69) is 30.9 Å². The van der Waals surface area contributed by atoms with Gasteiger partial charge in [0.1, 0.15) is 17.1 Å². The van der Waals surface area contributed by atoms with Gasteiger partial charge >= 0.3 is 0 Å². The van der Waals surface area contributed by atoms with E-state index in [1.165, 1.54) is 6.33 Å². The molecular weight excluding hydrogens is 460 g/mol. The van der Waals surface area contributed by atoms with Crippen LogP contribution in [-0.2, 0) is 14.1 Å². The summed E-state index contributed by atoms with van der Waals surface area (Å²) < 4.78 is 3.21. The molecule has 4 aromatic heterocycles. The van der Waals surface area contributed by atoms with Gasteiger partial charge in [0.2, 0.25) is 0 Å². The van der Waals surface area contributed by atoms with E-state index in [9.17, 15) is 14.4 Å². The number of H-pyrrole nitrogens is 1. The lowest BCUT2D eigenvalue weighted by Gasteiger charge is -2.03. The molecule has 0 atom stereocenters. The monoisotopic (exact) mass is 482 g/mol. The third kappa shape index (κ3) is 4.57. The van der Waals surface area contributed by atoms with Crippen molar-refractivity contribution in [1.82, 2.24) is 24.1 Å². The molecule has 4 heterocycles. The fourth-order valence-electron chi connectivity index (χ4n) is 3.82. The molecular formula is C25H22N8O3. The summed E-state index contributed by atoms with van der Waals surface area (Å²) in [7, 11) is 3.40. The van der Waals surface area contributed by atoms with Crippen molar-refractivity contribution in [3.05, 3.63) is 90.7 Å². The van der Waals surface area contributed by atoms with Crippen molar-refractivity contribution in [3.63, 3.8) is 0 Å². The molecule has 0 fully saturated rings. The van der Waals surface area contributed by atoms with Crippen molar-refractivity contribution in [3.8, 4) is 0 Å². The number of carbonyl (C=O) groups excluding carboxylic acids is 3. The van der Waals surface area contributed by atoms with Gasteiger partial charge in [-0.15, -0.1) is 0 Å². The molecule has 0 bridgehead atoms. The van der Waals surface area contributed by atoms with Gasteiger partial charge in [0, 0.05) is 44.3 Å². The van der Waals surface area contributed by atoms with Crippen LogP contribution in [0.2, 0.25) is 0 Å². The molecule has 0 aliphatic heterocycles. The smallest absolute Gasteiger partial charge is 0.274 e. The molecule has 36 heavy (non-hydrogen) atoms. The van der Waals surface area contributed by atoms with Gasteiger partial charge in [-0.25, -0.2) is 4.98 Å². The molecule has 180 valence electrons. The molecule has 11 nitrogen and oxygen atoms in total. The topological polar surface area (TPSA) is 139 Å². The number of nitrogens with zero attached hydrogens (tertiary/aromatic N) is 4. The number of rotatable bonds is 6. The molecule has 0 spiro atoms. The van der Waals surface area contributed by atoms with Crippen molar-refractivity contribution in [1.29, 1.82) is 0 Å². The standard InChI is InChI=1S/C25H22N8O3/c1-32-12-17(29-23(34)19-7-15-5-3-4-6-16(15)10-27-19)8-20(32)24(35)30-18-9-21(33(2)13-18)25(36)31-22-11-26-14-28-22/h3-14H,1-2H3,(H,26,28)(H,29,34)(H,30,35)(H,31,36). The van der Waals surface area contributed by atoms with Crippen LogP contribution in [0.25, 0.3) is 10.8 Å². The first kappa shape index (κ1) is 22.6. The van der Waals surface area contributed by atoms with E-state index < -0.39 is 5.91 Å². The maximum Gasteiger partial charge on any atom is 0.274 e. The average molecular weight is 483 g/mol. The molecule has 3 amide bonds. The Morgan fingerprint density at radius 1 is 0.778 bits per heavy atom. The van der Waals surface area contributed by atoms with Crippen molar-refractivity contribution in [2.45, 2.75) is 0 Å². The third-order valence-corrected chi connectivity index (χ3v) is 5.59. The second-order valence-corrected chi connectivity index (χ2v) is 8.18. The highest BCUT2D eigenvalue weighted by Crippen LogP contribution is 2.19. The molecule has 1 aromatic carbocycles. The maximum atomic E-state index is 12.9. The van der Waals surface area contributed by atoms with E-state index in [1.807, 2.05) is 24.3 Å². The number of imidazole rings is 1. The lowest BCUT2D eigenvalue weighted by atomic mass is 10.1. The molecule has 5 rings (SSSR count). The molecule has 5 aromatic rings. The van der Waals surface area contributed by atoms with Gasteiger partial charge < -0.3 is 30.1 Å². The van der Waals surface area contributed by atoms with Crippen molar-refractivity contribution in [2.75, 3.05) is 16.0 Å². The molecule has 0 saturated carbocycles. The maximum absolute atomic E-state index is 12.9. The number of pyridine rings is 1. The molecule has 4 N–H and O–H groups in total. The Labute approximate surface area is 205 Å². The fraction of sp³-hybridized carbons (Fsp3) is 0.0800. The minimum absolute atomic E-state index is 0.272. The largest absolute Gasteiger partial charge is 0.349 e. The molecule has 0 radical (unpaired) electrons. The molecule has 0 saturated heterocycles. The van der Waals surface area contributed by atoms with Crippen molar-refractivity contribution < 1.29 is 14.4 Å². The van der Waals surface area contributed by atoms with Crippen LogP contribution in [0.1, 0.15) is 31.5 Å². The Balaban J connectivity index is 1.27. The Kier molecular flexibility index (Phi) is 5.79. The number of anilines is 3. The van der Waals surface area contributed by atoms with Gasteiger partial charge in [0.15, 0.2) is 5.82 Å². The molecule has 0 aliphatic carbocycles. The van der Waals surface area contributed by atoms with E-state index >= 15 is 0 Å². The summed E-state index contributed by atoms with van der Waals surface area (Å²) in [5, 5.41) is 10.1. The number of hydrogen-bond acceptors (Lipinski definition) is 5. The SMILES string of the molecule is Cn1cc(NC(=O)c2cc3ccccc3cn2)cc1C(=O)Nc1cc(C(=O)Nc2c[nH]cn2)n(C)c1. The lowest BCUT2D eigenvalue weighted by Crippen LogP contribution is -2.15. The summed E-state index contributed by atoms with van der Waals surface area (Å²) in [6.45, 7) is 0. The second-order valence-electron chi connectivity index (χ2n) is 8.18. The minimum atomic E-state index is -0.397. The van der Waals surface area contributed by atoms with Crippen molar-refractivity contribution in [2.24, 2.45) is 14.1 Å². The number of hydrogen-bond donors (Lipinski definition) is 4. The number of aromatic amines is 1. The van der Waals surface area contributed by atoms with Crippen LogP contribution < -0.4 is 16.0 Å². The molecule has 0 aliphatic rings. The number of benzene rings is 1. The van der Waals surface area contributed by atoms with Crippen LogP contribution in [0.3, 0.4) is 0 Å². The fourth-order valence-corrected chi connectivity index (χ4v) is 3.82. The van der Waals surface area contributed by atoms with Crippen LogP contribution in [0, 0.1) is 0 Å². The average Bonchev–Trinajstić information content (AvgIpc) is 3.59. The zero-order valence-corrected chi connectivity index (χ0v) is 19.4. The first-order chi connectivity index (χ1) is 17.4. The highest BCUT2D eigenvalue weighted by molar-refractivity contribution is 6.08. The Hall–Kier alpha value is -5.19. The van der Waals surface area contributed by atoms with Crippen LogP contribution >= 0.6 is 0 Å². The van der Waals surface area contributed by atoms with Gasteiger partial charge in [-0.05, 0) is 23.6 Å². The highest BCUT2D eigenvalue weighted by Gasteiger charge is 2.18. The first-order valence-corrected chi connectivity index (χ1v) is 11.0. The van der Waals surface area contributed by atoms with Crippen LogP contribution in [0.4, 0.5) is 17.2 Å². The summed E-state index contributed by atoms with van der Waals surface area (Å²) in [5.41, 5.74) is 1.84. The van der Waals surface area contributed by atoms with Gasteiger partial charge in [-0.2, -0.15) is 0 Å².